The van der Waals surface area contributed by atoms with Crippen molar-refractivity contribution >= 4 is 41.7 Å². The van der Waals surface area contributed by atoms with Crippen molar-refractivity contribution in [3.8, 4) is 0 Å². The van der Waals surface area contributed by atoms with Gasteiger partial charge in [-0.25, -0.2) is 0 Å². The Morgan fingerprint density at radius 3 is 2.68 bits per heavy atom. The Hall–Kier alpha value is -0.510. The van der Waals surface area contributed by atoms with Crippen molar-refractivity contribution in [1.82, 2.24) is 25.4 Å². The minimum absolute atomic E-state index is 0. The van der Waals surface area contributed by atoms with Gasteiger partial charge >= 0.3 is 0 Å². The summed E-state index contributed by atoms with van der Waals surface area (Å²) in [5, 5.41) is 16.7. The van der Waals surface area contributed by atoms with Crippen LogP contribution in [-0.2, 0) is 6.42 Å². The van der Waals surface area contributed by atoms with Crippen LogP contribution in [0.4, 0.5) is 0 Å². The summed E-state index contributed by atoms with van der Waals surface area (Å²) in [7, 11) is 1.82. The number of thioether (sulfide) groups is 1. The molecule has 1 aliphatic rings. The second-order valence-corrected chi connectivity index (χ2v) is 7.24. The van der Waals surface area contributed by atoms with E-state index in [0.717, 1.165) is 42.7 Å². The van der Waals surface area contributed by atoms with E-state index < -0.39 is 0 Å². The molecule has 1 saturated carbocycles. The molecule has 25 heavy (non-hydrogen) atoms. The van der Waals surface area contributed by atoms with Crippen LogP contribution >= 0.6 is 35.7 Å². The average Bonchev–Trinajstić information content (AvgIpc) is 3.25. The Labute approximate surface area is 173 Å². The van der Waals surface area contributed by atoms with Gasteiger partial charge in [-0.3, -0.25) is 4.99 Å². The summed E-state index contributed by atoms with van der Waals surface area (Å²) >= 11 is 1.70. The first-order valence-corrected chi connectivity index (χ1v) is 10.4. The Bertz CT molecular complexity index is 527. The fourth-order valence-electron chi connectivity index (χ4n) is 3.13. The third-order valence-electron chi connectivity index (χ3n) is 4.70. The minimum atomic E-state index is 0. The van der Waals surface area contributed by atoms with Crippen LogP contribution in [-0.4, -0.2) is 46.6 Å². The molecule has 0 saturated heterocycles. The maximum atomic E-state index is 4.45. The number of aryl methyl sites for hydroxylation is 1. The van der Waals surface area contributed by atoms with Crippen LogP contribution in [0.1, 0.15) is 64.2 Å². The van der Waals surface area contributed by atoms with Crippen LogP contribution in [0.15, 0.2) is 10.1 Å². The first-order valence-electron chi connectivity index (χ1n) is 9.14. The molecular formula is C17H33IN6S. The minimum Gasteiger partial charge on any atom is -0.356 e. The monoisotopic (exact) mass is 480 g/mol. The quantitative estimate of drug-likeness (QED) is 0.196. The smallest absolute Gasteiger partial charge is 0.191 e. The van der Waals surface area contributed by atoms with Crippen molar-refractivity contribution in [2.45, 2.75) is 76.0 Å². The van der Waals surface area contributed by atoms with E-state index in [0.29, 0.717) is 12.1 Å². The molecule has 1 atom stereocenters. The van der Waals surface area contributed by atoms with Crippen LogP contribution < -0.4 is 10.6 Å². The number of aromatic nitrogens is 3. The van der Waals surface area contributed by atoms with Gasteiger partial charge in [0.2, 0.25) is 0 Å². The molecule has 2 N–H and O–H groups in total. The van der Waals surface area contributed by atoms with Crippen molar-refractivity contribution in [1.29, 1.82) is 0 Å². The van der Waals surface area contributed by atoms with Gasteiger partial charge in [-0.15, -0.1) is 34.2 Å². The molecule has 1 aromatic heterocycles. The number of aliphatic imine (C=N–C) groups is 1. The predicted molar refractivity (Wildman–Crippen MR) is 117 cm³/mol. The van der Waals surface area contributed by atoms with E-state index in [9.17, 15) is 0 Å². The van der Waals surface area contributed by atoms with E-state index in [1.807, 2.05) is 7.05 Å². The molecule has 0 spiro atoms. The molecule has 0 aliphatic heterocycles. The third-order valence-corrected chi connectivity index (χ3v) is 5.34. The molecule has 144 valence electrons. The van der Waals surface area contributed by atoms with E-state index in [4.69, 9.17) is 0 Å². The lowest BCUT2D eigenvalue weighted by molar-refractivity contribution is 0.460. The zero-order valence-electron chi connectivity index (χ0n) is 15.9. The first-order chi connectivity index (χ1) is 11.7. The normalized spacial score (nSPS) is 16.6. The van der Waals surface area contributed by atoms with E-state index in [1.54, 1.807) is 11.8 Å². The van der Waals surface area contributed by atoms with Crippen LogP contribution in [0, 0.1) is 0 Å². The standard InChI is InChI=1S/C17H32N6S.HI/c1-5-13(2)20-16(18-3)19-12-8-11-15-21-22-17(24-4)23(15)14-9-6-7-10-14;/h13-14H,5-12H2,1-4H3,(H2,18,19,20);1H. The summed E-state index contributed by atoms with van der Waals surface area (Å²) < 4.78 is 2.39. The zero-order chi connectivity index (χ0) is 17.4. The summed E-state index contributed by atoms with van der Waals surface area (Å²) in [4.78, 5) is 4.28. The van der Waals surface area contributed by atoms with E-state index in [1.165, 1.54) is 25.7 Å². The molecule has 1 fully saturated rings. The highest BCUT2D eigenvalue weighted by atomic mass is 127. The van der Waals surface area contributed by atoms with E-state index >= 15 is 0 Å². The van der Waals surface area contributed by atoms with Crippen LogP contribution in [0.3, 0.4) is 0 Å². The highest BCUT2D eigenvalue weighted by molar-refractivity contribution is 14.0. The van der Waals surface area contributed by atoms with Gasteiger partial charge in [0.05, 0.1) is 0 Å². The molecule has 1 aromatic rings. The molecule has 0 aromatic carbocycles. The highest BCUT2D eigenvalue weighted by Crippen LogP contribution is 2.33. The highest BCUT2D eigenvalue weighted by Gasteiger charge is 2.23. The van der Waals surface area contributed by atoms with Gasteiger partial charge in [-0.05, 0) is 38.9 Å². The summed E-state index contributed by atoms with van der Waals surface area (Å²) in [5.41, 5.74) is 0. The molecule has 2 rings (SSSR count). The molecule has 0 radical (unpaired) electrons. The number of halogens is 1. The Balaban J connectivity index is 0.00000312. The fourth-order valence-corrected chi connectivity index (χ4v) is 3.70. The topological polar surface area (TPSA) is 67.1 Å². The average molecular weight is 480 g/mol. The second-order valence-electron chi connectivity index (χ2n) is 6.47. The molecule has 0 amide bonds. The Morgan fingerprint density at radius 1 is 1.36 bits per heavy atom. The number of rotatable bonds is 8. The molecule has 1 unspecified atom stereocenters. The SMILES string of the molecule is CCC(C)NC(=NC)NCCCc1nnc(SC)n1C1CCCC1.I. The number of hydrogen-bond donors (Lipinski definition) is 2. The fraction of sp³-hybridized carbons (Fsp3) is 0.824. The van der Waals surface area contributed by atoms with Crippen molar-refractivity contribution in [2.75, 3.05) is 19.8 Å². The summed E-state index contributed by atoms with van der Waals surface area (Å²) in [6, 6.07) is 1.04. The molecule has 1 aliphatic carbocycles. The first kappa shape index (κ1) is 22.5. The largest absolute Gasteiger partial charge is 0.356 e. The maximum absolute atomic E-state index is 4.45. The van der Waals surface area contributed by atoms with Gasteiger partial charge in [0.25, 0.3) is 0 Å². The summed E-state index contributed by atoms with van der Waals surface area (Å²) in [6.45, 7) is 5.23. The van der Waals surface area contributed by atoms with Crippen LogP contribution in [0.5, 0.6) is 0 Å². The van der Waals surface area contributed by atoms with Crippen molar-refractivity contribution in [2.24, 2.45) is 4.99 Å². The molecule has 6 nitrogen and oxygen atoms in total. The Kier molecular flexibility index (Phi) is 10.8. The number of hydrogen-bond acceptors (Lipinski definition) is 4. The lowest BCUT2D eigenvalue weighted by Crippen LogP contribution is -2.42. The Morgan fingerprint density at radius 2 is 2.08 bits per heavy atom. The maximum Gasteiger partial charge on any atom is 0.191 e. The van der Waals surface area contributed by atoms with E-state index in [2.05, 4.69) is 50.5 Å². The molecule has 1 heterocycles. The van der Waals surface area contributed by atoms with Gasteiger partial charge in [-0.2, -0.15) is 0 Å². The van der Waals surface area contributed by atoms with Crippen LogP contribution in [0.25, 0.3) is 0 Å². The molecular weight excluding hydrogens is 447 g/mol. The van der Waals surface area contributed by atoms with Crippen molar-refractivity contribution in [3.63, 3.8) is 0 Å². The lowest BCUT2D eigenvalue weighted by atomic mass is 10.2. The number of guanidine groups is 1. The summed E-state index contributed by atoms with van der Waals surface area (Å²) in [5.74, 6) is 2.02. The predicted octanol–water partition coefficient (Wildman–Crippen LogP) is 3.63. The van der Waals surface area contributed by atoms with Gasteiger partial charge in [0.1, 0.15) is 5.82 Å². The third kappa shape index (κ3) is 6.62. The van der Waals surface area contributed by atoms with Gasteiger partial charge in [0, 0.05) is 32.1 Å². The van der Waals surface area contributed by atoms with Gasteiger partial charge in [0.15, 0.2) is 11.1 Å². The van der Waals surface area contributed by atoms with Gasteiger partial charge < -0.3 is 15.2 Å². The molecule has 0 bridgehead atoms. The van der Waals surface area contributed by atoms with Crippen molar-refractivity contribution in [3.05, 3.63) is 5.82 Å². The second kappa shape index (κ2) is 12.0. The lowest BCUT2D eigenvalue weighted by Gasteiger charge is -2.17. The molecule has 8 heteroatoms. The zero-order valence-corrected chi connectivity index (χ0v) is 19.1. The van der Waals surface area contributed by atoms with Crippen molar-refractivity contribution < 1.29 is 0 Å². The summed E-state index contributed by atoms with van der Waals surface area (Å²) in [6.07, 6.45) is 10.3. The number of nitrogens with one attached hydrogen (secondary N) is 2. The van der Waals surface area contributed by atoms with E-state index in [-0.39, 0.29) is 24.0 Å². The van der Waals surface area contributed by atoms with Crippen LogP contribution in [0.2, 0.25) is 0 Å². The number of nitrogens with zero attached hydrogens (tertiary/aromatic N) is 4. The van der Waals surface area contributed by atoms with Gasteiger partial charge in [-0.1, -0.05) is 31.5 Å².